The van der Waals surface area contributed by atoms with E-state index in [0.717, 1.165) is 7.11 Å². The van der Waals surface area contributed by atoms with Crippen LogP contribution < -0.4 is 11.1 Å². The van der Waals surface area contributed by atoms with E-state index in [4.69, 9.17) is 19.9 Å². The van der Waals surface area contributed by atoms with Gasteiger partial charge in [0.05, 0.1) is 14.2 Å². The van der Waals surface area contributed by atoms with Gasteiger partial charge in [0.2, 0.25) is 0 Å². The molecule has 1 spiro atoms. The first-order valence-corrected chi connectivity index (χ1v) is 8.25. The number of halogens is 1. The van der Waals surface area contributed by atoms with E-state index < -0.39 is 23.3 Å². The monoisotopic (exact) mass is 422 g/mol. The normalized spacial score (nSPS) is 21.3. The van der Waals surface area contributed by atoms with Crippen molar-refractivity contribution in [3.8, 4) is 0 Å². The number of anilines is 1. The summed E-state index contributed by atoms with van der Waals surface area (Å²) in [7, 11) is 2.33. The average Bonchev–Trinajstić information content (AvgIpc) is 2.85. The number of carbonyl (C=O) groups excluding carboxylic acids is 3. The molecule has 2 aliphatic rings. The van der Waals surface area contributed by atoms with Gasteiger partial charge in [0.25, 0.3) is 0 Å². The molecule has 0 aromatic heterocycles. The van der Waals surface area contributed by atoms with Crippen molar-refractivity contribution >= 4 is 39.5 Å². The predicted molar refractivity (Wildman–Crippen MR) is 93.5 cm³/mol. The largest absolute Gasteiger partial charge is 0.466 e. The molecule has 1 aromatic rings. The van der Waals surface area contributed by atoms with Crippen molar-refractivity contribution in [3.63, 3.8) is 0 Å². The van der Waals surface area contributed by atoms with Gasteiger partial charge in [-0.1, -0.05) is 15.9 Å². The first-order chi connectivity index (χ1) is 12.3. The fourth-order valence-electron chi connectivity index (χ4n) is 3.35. The van der Waals surface area contributed by atoms with Gasteiger partial charge < -0.3 is 25.3 Å². The van der Waals surface area contributed by atoms with Crippen LogP contribution in [0.15, 0.2) is 45.4 Å². The van der Waals surface area contributed by atoms with Crippen LogP contribution in [0, 0.1) is 0 Å². The molecule has 0 saturated carbocycles. The Morgan fingerprint density at radius 2 is 1.81 bits per heavy atom. The number of nitrogens with two attached hydrogens (primary N) is 1. The molecule has 1 atom stereocenters. The van der Waals surface area contributed by atoms with Gasteiger partial charge in [-0.15, -0.1) is 0 Å². The number of hydrogen-bond acceptors (Lipinski definition) is 8. The number of allylic oxidation sites excluding steroid dienone is 1. The molecule has 8 nitrogen and oxygen atoms in total. The third-order valence-electron chi connectivity index (χ3n) is 4.36. The molecule has 26 heavy (non-hydrogen) atoms. The van der Waals surface area contributed by atoms with E-state index in [2.05, 4.69) is 21.2 Å². The Labute approximate surface area is 157 Å². The molecule has 3 rings (SSSR count). The molecule has 0 aliphatic carbocycles. The highest BCUT2D eigenvalue weighted by molar-refractivity contribution is 9.10. The molecule has 3 N–H and O–H groups in total. The summed E-state index contributed by atoms with van der Waals surface area (Å²) in [4.78, 5) is 38.1. The molecule has 0 fully saturated rings. The lowest BCUT2D eigenvalue weighted by atomic mass is 9.67. The van der Waals surface area contributed by atoms with E-state index in [0.29, 0.717) is 15.7 Å². The minimum atomic E-state index is -1.89. The maximum atomic E-state index is 13.0. The van der Waals surface area contributed by atoms with Crippen molar-refractivity contribution in [1.29, 1.82) is 0 Å². The van der Waals surface area contributed by atoms with Gasteiger partial charge in [-0.2, -0.15) is 0 Å². The lowest BCUT2D eigenvalue weighted by Crippen LogP contribution is -2.47. The number of benzene rings is 1. The number of ether oxygens (including phenoxy) is 3. The molecular weight excluding hydrogens is 408 g/mol. The Morgan fingerprint density at radius 3 is 2.42 bits per heavy atom. The van der Waals surface area contributed by atoms with Gasteiger partial charge >= 0.3 is 17.9 Å². The summed E-state index contributed by atoms with van der Waals surface area (Å²) in [5.41, 5.74) is 4.59. The molecule has 0 radical (unpaired) electrons. The van der Waals surface area contributed by atoms with Crippen molar-refractivity contribution in [2.24, 2.45) is 5.73 Å². The zero-order chi connectivity index (χ0) is 19.2. The highest BCUT2D eigenvalue weighted by Gasteiger charge is 2.62. The topological polar surface area (TPSA) is 117 Å². The van der Waals surface area contributed by atoms with Crippen molar-refractivity contribution in [1.82, 2.24) is 0 Å². The second-order valence-corrected chi connectivity index (χ2v) is 6.57. The lowest BCUT2D eigenvalue weighted by Gasteiger charge is -2.35. The lowest BCUT2D eigenvalue weighted by molar-refractivity contribution is -0.146. The molecule has 9 heteroatoms. The fourth-order valence-corrected chi connectivity index (χ4v) is 3.71. The molecular formula is C17H15BrN2O6. The number of cyclic esters (lactones) is 1. The number of fused-ring (bicyclic) bond motifs is 2. The van der Waals surface area contributed by atoms with Crippen molar-refractivity contribution in [2.75, 3.05) is 19.5 Å². The van der Waals surface area contributed by atoms with E-state index >= 15 is 0 Å². The summed E-state index contributed by atoms with van der Waals surface area (Å²) in [5, 5.41) is 2.87. The summed E-state index contributed by atoms with van der Waals surface area (Å²) in [6.45, 7) is 1.45. The van der Waals surface area contributed by atoms with Crippen LogP contribution in [0.3, 0.4) is 0 Å². The molecule has 2 heterocycles. The standard InChI is InChI=1S/C17H15BrN2O6/c1-7-11(14(21)24-2)17(16(23)26-7)9-6-8(18)4-5-10(9)20-13(19)12(17)15(22)25-3/h4-6,20H,19H2,1-3H3/t17-/m0/s1. The summed E-state index contributed by atoms with van der Waals surface area (Å²) >= 11 is 3.34. The summed E-state index contributed by atoms with van der Waals surface area (Å²) < 4.78 is 15.6. The predicted octanol–water partition coefficient (Wildman–Crippen LogP) is 1.46. The van der Waals surface area contributed by atoms with Crippen molar-refractivity contribution in [2.45, 2.75) is 12.3 Å². The maximum Gasteiger partial charge on any atom is 0.339 e. The van der Waals surface area contributed by atoms with E-state index in [9.17, 15) is 14.4 Å². The van der Waals surface area contributed by atoms with Gasteiger partial charge in [-0.25, -0.2) is 14.4 Å². The summed E-state index contributed by atoms with van der Waals surface area (Å²) in [6, 6.07) is 5.00. The van der Waals surface area contributed by atoms with Gasteiger partial charge in [0.15, 0.2) is 5.41 Å². The Kier molecular flexibility index (Phi) is 4.27. The van der Waals surface area contributed by atoms with Crippen LogP contribution in [-0.4, -0.2) is 32.1 Å². The van der Waals surface area contributed by atoms with Crippen LogP contribution in [0.25, 0.3) is 0 Å². The van der Waals surface area contributed by atoms with Crippen LogP contribution >= 0.6 is 15.9 Å². The first-order valence-electron chi connectivity index (χ1n) is 7.46. The number of rotatable bonds is 2. The Bertz CT molecular complexity index is 920. The fraction of sp³-hybridized carbons (Fsp3) is 0.235. The maximum absolute atomic E-state index is 13.0. The smallest absolute Gasteiger partial charge is 0.339 e. The van der Waals surface area contributed by atoms with Gasteiger partial charge in [-0.3, -0.25) is 0 Å². The summed E-state index contributed by atoms with van der Waals surface area (Å²) in [6.07, 6.45) is 0. The minimum absolute atomic E-state index is 0.0314. The Balaban J connectivity index is 2.47. The van der Waals surface area contributed by atoms with Crippen LogP contribution in [0.2, 0.25) is 0 Å². The molecule has 136 valence electrons. The van der Waals surface area contributed by atoms with Crippen LogP contribution in [0.4, 0.5) is 5.69 Å². The number of esters is 3. The van der Waals surface area contributed by atoms with Crippen LogP contribution in [-0.2, 0) is 34.0 Å². The highest BCUT2D eigenvalue weighted by atomic mass is 79.9. The third-order valence-corrected chi connectivity index (χ3v) is 4.85. The number of nitrogens with one attached hydrogen (secondary N) is 1. The zero-order valence-corrected chi connectivity index (χ0v) is 15.7. The molecule has 0 saturated heterocycles. The van der Waals surface area contributed by atoms with Gasteiger partial charge in [-0.05, 0) is 25.1 Å². The molecule has 1 aromatic carbocycles. The van der Waals surface area contributed by atoms with Gasteiger partial charge in [0, 0.05) is 15.7 Å². The Hall–Kier alpha value is -2.81. The molecule has 0 bridgehead atoms. The third kappa shape index (κ3) is 2.23. The SMILES string of the molecule is COC(=O)C1=C(N)Nc2ccc(Br)cc2[C@@]12C(=O)OC(C)=C2C(=O)OC. The second-order valence-electron chi connectivity index (χ2n) is 5.66. The second kappa shape index (κ2) is 6.17. The average molecular weight is 423 g/mol. The number of carbonyl (C=O) groups is 3. The molecule has 0 unspecified atom stereocenters. The zero-order valence-electron chi connectivity index (χ0n) is 14.1. The minimum Gasteiger partial charge on any atom is -0.466 e. The number of hydrogen-bond donors (Lipinski definition) is 2. The number of methoxy groups -OCH3 is 2. The van der Waals surface area contributed by atoms with E-state index in [1.807, 2.05) is 0 Å². The first kappa shape index (κ1) is 18.0. The molecule has 2 aliphatic heterocycles. The summed E-state index contributed by atoms with van der Waals surface area (Å²) in [5.74, 6) is -2.59. The van der Waals surface area contributed by atoms with E-state index in [1.165, 1.54) is 14.0 Å². The van der Waals surface area contributed by atoms with Crippen LogP contribution in [0.1, 0.15) is 12.5 Å². The van der Waals surface area contributed by atoms with E-state index in [-0.39, 0.29) is 22.7 Å². The highest BCUT2D eigenvalue weighted by Crippen LogP contribution is 2.53. The van der Waals surface area contributed by atoms with Gasteiger partial charge in [0.1, 0.15) is 22.7 Å². The Morgan fingerprint density at radius 1 is 1.19 bits per heavy atom. The van der Waals surface area contributed by atoms with E-state index in [1.54, 1.807) is 18.2 Å². The van der Waals surface area contributed by atoms with Crippen molar-refractivity contribution in [3.05, 3.63) is 51.0 Å². The van der Waals surface area contributed by atoms with Crippen LogP contribution in [0.5, 0.6) is 0 Å². The molecule has 0 amide bonds. The quantitative estimate of drug-likeness (QED) is 0.543. The van der Waals surface area contributed by atoms with Crippen molar-refractivity contribution < 1.29 is 28.6 Å².